The van der Waals surface area contributed by atoms with Crippen LogP contribution < -0.4 is 5.32 Å². The van der Waals surface area contributed by atoms with Crippen molar-refractivity contribution in [3.8, 4) is 0 Å². The van der Waals surface area contributed by atoms with Crippen LogP contribution in [0.15, 0.2) is 30.9 Å². The lowest BCUT2D eigenvalue weighted by molar-refractivity contribution is 0.236. The molecule has 0 aliphatic heterocycles. The monoisotopic (exact) mass is 303 g/mol. The molecule has 0 heterocycles. The summed E-state index contributed by atoms with van der Waals surface area (Å²) in [7, 11) is 0. The molecule has 0 radical (unpaired) electrons. The maximum atomic E-state index is 6.16. The quantitative estimate of drug-likeness (QED) is 0.661. The van der Waals surface area contributed by atoms with Crippen LogP contribution in [0.3, 0.4) is 0 Å². The number of hydrogen-bond acceptors (Lipinski definition) is 1. The molecule has 2 rings (SSSR count). The zero-order valence-corrected chi connectivity index (χ0v) is 13.9. The van der Waals surface area contributed by atoms with Gasteiger partial charge < -0.3 is 5.32 Å². The Morgan fingerprint density at radius 3 is 2.81 bits per heavy atom. The molecule has 1 N–H and O–H groups in total. The molecule has 0 amide bonds. The van der Waals surface area contributed by atoms with Gasteiger partial charge in [0.05, 0.1) is 0 Å². The lowest BCUT2D eigenvalue weighted by Crippen LogP contribution is -2.39. The Hall–Kier alpha value is -1.21. The fourth-order valence-corrected chi connectivity index (χ4v) is 3.00. The minimum absolute atomic E-state index is 0.578. The Labute approximate surface area is 134 Å². The molecule has 1 saturated carbocycles. The molecule has 0 bridgehead atoms. The molecule has 1 aliphatic rings. The molecular formula is C19H26ClN. The highest BCUT2D eigenvalue weighted by atomic mass is 35.5. The van der Waals surface area contributed by atoms with Gasteiger partial charge in [-0.2, -0.15) is 0 Å². The summed E-state index contributed by atoms with van der Waals surface area (Å²) in [4.78, 5) is 0. The maximum absolute atomic E-state index is 6.16. The Morgan fingerprint density at radius 2 is 2.14 bits per heavy atom. The fraction of sp³-hybridized carbons (Fsp3) is 0.474. The Kier molecular flexibility index (Phi) is 5.93. The van der Waals surface area contributed by atoms with E-state index in [-0.39, 0.29) is 0 Å². The van der Waals surface area contributed by atoms with Gasteiger partial charge >= 0.3 is 0 Å². The van der Waals surface area contributed by atoms with Gasteiger partial charge in [0.2, 0.25) is 0 Å². The van der Waals surface area contributed by atoms with Crippen molar-refractivity contribution in [1.82, 2.24) is 5.32 Å². The van der Waals surface area contributed by atoms with Crippen LogP contribution in [0.25, 0.3) is 11.8 Å². The molecule has 0 unspecified atom stereocenters. The largest absolute Gasteiger partial charge is 0.382 e. The van der Waals surface area contributed by atoms with E-state index in [0.29, 0.717) is 6.04 Å². The minimum Gasteiger partial charge on any atom is -0.382 e. The average Bonchev–Trinajstić information content (AvgIpc) is 2.43. The zero-order chi connectivity index (χ0) is 15.2. The van der Waals surface area contributed by atoms with E-state index in [1.54, 1.807) is 0 Å². The highest BCUT2D eigenvalue weighted by Crippen LogP contribution is 2.32. The molecule has 1 aliphatic carbocycles. The smallest absolute Gasteiger partial charge is 0.0413 e. The molecule has 1 aromatic carbocycles. The third-order valence-electron chi connectivity index (χ3n) is 4.28. The summed E-state index contributed by atoms with van der Waals surface area (Å²) >= 11 is 6.16. The van der Waals surface area contributed by atoms with Crippen LogP contribution in [-0.2, 0) is 0 Å². The van der Waals surface area contributed by atoms with E-state index in [4.69, 9.17) is 11.6 Å². The number of benzene rings is 1. The average molecular weight is 304 g/mol. The number of nitrogens with one attached hydrogen (secondary N) is 1. The summed E-state index contributed by atoms with van der Waals surface area (Å²) in [5.74, 6) is 0.888. The number of halogens is 1. The van der Waals surface area contributed by atoms with E-state index in [0.717, 1.165) is 28.6 Å². The topological polar surface area (TPSA) is 12.0 Å². The molecular weight excluding hydrogens is 278 g/mol. The summed E-state index contributed by atoms with van der Waals surface area (Å²) in [6.45, 7) is 8.68. The summed E-state index contributed by atoms with van der Waals surface area (Å²) in [5.41, 5.74) is 3.31. The summed E-state index contributed by atoms with van der Waals surface area (Å²) < 4.78 is 0. The first-order chi connectivity index (χ1) is 10.1. The Balaban J connectivity index is 2.06. The molecule has 0 saturated heterocycles. The molecule has 114 valence electrons. The predicted octanol–water partition coefficient (Wildman–Crippen LogP) is 5.90. The van der Waals surface area contributed by atoms with Crippen molar-refractivity contribution < 1.29 is 0 Å². The van der Waals surface area contributed by atoms with Gasteiger partial charge in [-0.1, -0.05) is 63.1 Å². The number of allylic oxidation sites excluding steroid dienone is 1. The van der Waals surface area contributed by atoms with Crippen molar-refractivity contribution in [3.63, 3.8) is 0 Å². The maximum Gasteiger partial charge on any atom is 0.0413 e. The van der Waals surface area contributed by atoms with Crippen LogP contribution in [0.2, 0.25) is 5.02 Å². The molecule has 2 heteroatoms. The first-order valence-corrected chi connectivity index (χ1v) is 8.43. The van der Waals surface area contributed by atoms with Crippen LogP contribution in [0.4, 0.5) is 0 Å². The van der Waals surface area contributed by atoms with Crippen LogP contribution in [0, 0.1) is 5.92 Å². The highest BCUT2D eigenvalue weighted by molar-refractivity contribution is 6.30. The normalized spacial score (nSPS) is 21.3. The molecule has 0 aromatic heterocycles. The van der Waals surface area contributed by atoms with Gasteiger partial charge in [-0.25, -0.2) is 0 Å². The van der Waals surface area contributed by atoms with E-state index in [1.165, 1.54) is 31.2 Å². The zero-order valence-electron chi connectivity index (χ0n) is 13.2. The standard InChI is InChI=1S/C19H26ClN/c1-4-6-7-8-16-9-10-17(20)13-19(16)14(3)21-18-11-15(5-2)12-18/h7-10,13,15,18,21H,3-6,11-12H2,1-2H3/b8-7+. The van der Waals surface area contributed by atoms with Crippen molar-refractivity contribution >= 4 is 23.4 Å². The second-order valence-corrected chi connectivity index (χ2v) is 6.42. The molecule has 1 nitrogen and oxygen atoms in total. The summed E-state index contributed by atoms with van der Waals surface area (Å²) in [6, 6.07) is 6.61. The summed E-state index contributed by atoms with van der Waals surface area (Å²) in [6.07, 6.45) is 10.5. The lowest BCUT2D eigenvalue weighted by atomic mass is 9.78. The van der Waals surface area contributed by atoms with E-state index in [2.05, 4.69) is 44.0 Å². The molecule has 1 aromatic rings. The first-order valence-electron chi connectivity index (χ1n) is 8.05. The Morgan fingerprint density at radius 1 is 1.38 bits per heavy atom. The van der Waals surface area contributed by atoms with Crippen molar-refractivity contribution in [3.05, 3.63) is 47.0 Å². The van der Waals surface area contributed by atoms with Gasteiger partial charge in [0, 0.05) is 22.3 Å². The molecule has 1 fully saturated rings. The third kappa shape index (κ3) is 4.38. The van der Waals surface area contributed by atoms with Crippen LogP contribution in [-0.4, -0.2) is 6.04 Å². The number of rotatable bonds is 7. The van der Waals surface area contributed by atoms with E-state index < -0.39 is 0 Å². The number of hydrogen-bond donors (Lipinski definition) is 1. The van der Waals surface area contributed by atoms with Crippen molar-refractivity contribution in [1.29, 1.82) is 0 Å². The first kappa shape index (κ1) is 16.2. The molecule has 21 heavy (non-hydrogen) atoms. The fourth-order valence-electron chi connectivity index (χ4n) is 2.82. The second-order valence-electron chi connectivity index (χ2n) is 5.99. The van der Waals surface area contributed by atoms with Gasteiger partial charge in [0.25, 0.3) is 0 Å². The van der Waals surface area contributed by atoms with Crippen molar-refractivity contribution in [2.75, 3.05) is 0 Å². The predicted molar refractivity (Wildman–Crippen MR) is 94.4 cm³/mol. The van der Waals surface area contributed by atoms with Gasteiger partial charge in [0.15, 0.2) is 0 Å². The van der Waals surface area contributed by atoms with E-state index >= 15 is 0 Å². The number of unbranched alkanes of at least 4 members (excludes halogenated alkanes) is 1. The second kappa shape index (κ2) is 7.70. The molecule has 0 atom stereocenters. The highest BCUT2D eigenvalue weighted by Gasteiger charge is 2.27. The van der Waals surface area contributed by atoms with E-state index in [9.17, 15) is 0 Å². The van der Waals surface area contributed by atoms with Crippen molar-refractivity contribution in [2.24, 2.45) is 5.92 Å². The summed E-state index contributed by atoms with van der Waals surface area (Å²) in [5, 5.41) is 4.33. The van der Waals surface area contributed by atoms with Crippen LogP contribution in [0.1, 0.15) is 57.1 Å². The van der Waals surface area contributed by atoms with Crippen LogP contribution >= 0.6 is 11.6 Å². The lowest BCUT2D eigenvalue weighted by Gasteiger charge is -2.36. The van der Waals surface area contributed by atoms with Gasteiger partial charge in [-0.15, -0.1) is 0 Å². The van der Waals surface area contributed by atoms with E-state index in [1.807, 2.05) is 12.1 Å². The van der Waals surface area contributed by atoms with Gasteiger partial charge in [-0.05, 0) is 42.9 Å². The third-order valence-corrected chi connectivity index (χ3v) is 4.52. The minimum atomic E-state index is 0.578. The van der Waals surface area contributed by atoms with Gasteiger partial charge in [0.1, 0.15) is 0 Å². The van der Waals surface area contributed by atoms with Crippen molar-refractivity contribution in [2.45, 2.75) is 52.0 Å². The molecule has 0 spiro atoms. The SMILES string of the molecule is C=C(NC1CC(CC)C1)c1cc(Cl)ccc1/C=C/CCC. The van der Waals surface area contributed by atoms with Gasteiger partial charge in [-0.3, -0.25) is 0 Å². The van der Waals surface area contributed by atoms with Crippen LogP contribution in [0.5, 0.6) is 0 Å². The Bertz CT molecular complexity index is 512.